The number of piperidine rings is 1. The van der Waals surface area contributed by atoms with Gasteiger partial charge in [0.05, 0.1) is 5.69 Å². The number of aromatic amines is 1. The molecule has 1 saturated heterocycles. The van der Waals surface area contributed by atoms with Gasteiger partial charge in [0.25, 0.3) is 0 Å². The highest BCUT2D eigenvalue weighted by molar-refractivity contribution is 5.62. The molecule has 0 spiro atoms. The van der Waals surface area contributed by atoms with Crippen LogP contribution in [0.4, 0.5) is 5.82 Å². The molecule has 7 nitrogen and oxygen atoms in total. The Morgan fingerprint density at radius 3 is 2.83 bits per heavy atom. The molecule has 2 unspecified atom stereocenters. The summed E-state index contributed by atoms with van der Waals surface area (Å²) in [6.07, 6.45) is 5.41. The third-order valence-electron chi connectivity index (χ3n) is 4.48. The molecule has 3 rings (SSSR count). The van der Waals surface area contributed by atoms with Crippen LogP contribution in [0, 0.1) is 0 Å². The monoisotopic (exact) mass is 318 g/mol. The van der Waals surface area contributed by atoms with Gasteiger partial charge in [0.15, 0.2) is 5.82 Å². The second kappa shape index (κ2) is 5.96. The van der Waals surface area contributed by atoms with Gasteiger partial charge in [0, 0.05) is 23.7 Å². The zero-order valence-electron chi connectivity index (χ0n) is 14.3. The molecule has 0 saturated carbocycles. The van der Waals surface area contributed by atoms with Gasteiger partial charge in [-0.1, -0.05) is 27.2 Å². The summed E-state index contributed by atoms with van der Waals surface area (Å²) in [6, 6.07) is 0.628. The van der Waals surface area contributed by atoms with Crippen molar-refractivity contribution in [1.82, 2.24) is 24.9 Å². The molecule has 0 bridgehead atoms. The van der Waals surface area contributed by atoms with Crippen LogP contribution in [-0.2, 0) is 5.41 Å². The summed E-state index contributed by atoms with van der Waals surface area (Å²) >= 11 is 0. The van der Waals surface area contributed by atoms with Crippen molar-refractivity contribution in [2.24, 2.45) is 0 Å². The zero-order valence-corrected chi connectivity index (χ0v) is 14.3. The van der Waals surface area contributed by atoms with E-state index in [9.17, 15) is 4.79 Å². The number of H-pyrrole nitrogens is 1. The topological polar surface area (TPSA) is 87.1 Å². The highest BCUT2D eigenvalue weighted by atomic mass is 16.1. The molecule has 2 atom stereocenters. The van der Waals surface area contributed by atoms with Gasteiger partial charge >= 0.3 is 5.69 Å². The minimum absolute atomic E-state index is 0.145. The maximum absolute atomic E-state index is 12.0. The summed E-state index contributed by atoms with van der Waals surface area (Å²) in [4.78, 5) is 16.7. The molecule has 0 aliphatic carbocycles. The van der Waals surface area contributed by atoms with Crippen molar-refractivity contribution in [1.29, 1.82) is 0 Å². The first-order chi connectivity index (χ1) is 10.9. The van der Waals surface area contributed by atoms with Gasteiger partial charge in [0.1, 0.15) is 0 Å². The number of hydrogen-bond donors (Lipinski definition) is 3. The number of rotatable bonds is 3. The number of nitrogens with one attached hydrogen (secondary N) is 3. The molecular weight excluding hydrogens is 292 g/mol. The fourth-order valence-electron chi connectivity index (χ4n) is 2.99. The molecule has 1 fully saturated rings. The molecule has 0 radical (unpaired) electrons. The van der Waals surface area contributed by atoms with Crippen LogP contribution in [0.25, 0.3) is 5.65 Å². The van der Waals surface area contributed by atoms with E-state index >= 15 is 0 Å². The maximum atomic E-state index is 12.0. The van der Waals surface area contributed by atoms with E-state index in [0.29, 0.717) is 17.5 Å². The van der Waals surface area contributed by atoms with Crippen LogP contribution < -0.4 is 16.3 Å². The van der Waals surface area contributed by atoms with E-state index in [1.165, 1.54) is 17.2 Å². The summed E-state index contributed by atoms with van der Waals surface area (Å²) < 4.78 is 1.54. The van der Waals surface area contributed by atoms with E-state index in [-0.39, 0.29) is 17.1 Å². The summed E-state index contributed by atoms with van der Waals surface area (Å²) in [5.41, 5.74) is 1.03. The Bertz CT molecular complexity index is 735. The predicted octanol–water partition coefficient (Wildman–Crippen LogP) is 1.66. The fourth-order valence-corrected chi connectivity index (χ4v) is 2.99. The van der Waals surface area contributed by atoms with Crippen molar-refractivity contribution in [3.8, 4) is 0 Å². The first-order valence-electron chi connectivity index (χ1n) is 8.34. The van der Waals surface area contributed by atoms with Gasteiger partial charge in [-0.05, 0) is 26.3 Å². The molecule has 2 aromatic heterocycles. The fraction of sp³-hybridized carbons (Fsp3) is 0.688. The Morgan fingerprint density at radius 1 is 1.39 bits per heavy atom. The van der Waals surface area contributed by atoms with E-state index in [1.54, 1.807) is 6.20 Å². The number of anilines is 1. The van der Waals surface area contributed by atoms with Crippen molar-refractivity contribution in [3.05, 3.63) is 22.4 Å². The Morgan fingerprint density at radius 2 is 2.17 bits per heavy atom. The Labute approximate surface area is 135 Å². The number of aromatic nitrogens is 4. The van der Waals surface area contributed by atoms with Crippen LogP contribution in [0.15, 0.2) is 11.0 Å². The van der Waals surface area contributed by atoms with Crippen LogP contribution >= 0.6 is 0 Å². The quantitative estimate of drug-likeness (QED) is 0.801. The predicted molar refractivity (Wildman–Crippen MR) is 91.0 cm³/mol. The lowest BCUT2D eigenvalue weighted by molar-refractivity contribution is 0.372. The van der Waals surface area contributed by atoms with Crippen LogP contribution in [0.3, 0.4) is 0 Å². The van der Waals surface area contributed by atoms with Gasteiger partial charge in [-0.25, -0.2) is 19.3 Å². The summed E-state index contributed by atoms with van der Waals surface area (Å²) in [5.74, 6) is 0.663. The van der Waals surface area contributed by atoms with Crippen molar-refractivity contribution in [3.63, 3.8) is 0 Å². The lowest BCUT2D eigenvalue weighted by Gasteiger charge is -2.30. The van der Waals surface area contributed by atoms with Crippen LogP contribution in [0.1, 0.15) is 52.7 Å². The van der Waals surface area contributed by atoms with Crippen molar-refractivity contribution in [2.75, 3.05) is 11.9 Å². The standard InChI is InChI=1S/C16H26N6O/c1-10(11-7-5-6-8-17-11)18-13-14-20-21-15(23)22(14)9-12(19-13)16(2,3)4/h9-11,17H,5-8H2,1-4H3,(H,18,19)(H,21,23). The van der Waals surface area contributed by atoms with Gasteiger partial charge < -0.3 is 10.6 Å². The third-order valence-corrected chi connectivity index (χ3v) is 4.48. The van der Waals surface area contributed by atoms with E-state index in [2.05, 4.69) is 48.5 Å². The van der Waals surface area contributed by atoms with Crippen LogP contribution in [-0.4, -0.2) is 38.2 Å². The number of fused-ring (bicyclic) bond motifs is 1. The van der Waals surface area contributed by atoms with E-state index in [1.807, 2.05) is 0 Å². The molecular formula is C16H26N6O. The molecule has 2 aromatic rings. The van der Waals surface area contributed by atoms with Crippen molar-refractivity contribution in [2.45, 2.75) is 64.5 Å². The molecule has 1 aliphatic rings. The molecule has 0 amide bonds. The highest BCUT2D eigenvalue weighted by Gasteiger charge is 2.23. The van der Waals surface area contributed by atoms with Crippen molar-refractivity contribution >= 4 is 11.5 Å². The summed E-state index contributed by atoms with van der Waals surface area (Å²) in [5, 5.41) is 13.6. The second-order valence-electron chi connectivity index (χ2n) is 7.44. The third kappa shape index (κ3) is 3.24. The SMILES string of the molecule is CC(Nc1nc(C(C)(C)C)cn2c(=O)[nH]nc12)C1CCCCN1. The zero-order chi connectivity index (χ0) is 16.6. The van der Waals surface area contributed by atoms with Gasteiger partial charge in [-0.2, -0.15) is 0 Å². The number of nitrogens with zero attached hydrogens (tertiary/aromatic N) is 3. The Kier molecular flexibility index (Phi) is 4.14. The largest absolute Gasteiger partial charge is 0.363 e. The minimum atomic E-state index is -0.237. The average molecular weight is 318 g/mol. The molecule has 0 aromatic carbocycles. The first-order valence-corrected chi connectivity index (χ1v) is 8.34. The van der Waals surface area contributed by atoms with Gasteiger partial charge in [-0.3, -0.25) is 0 Å². The van der Waals surface area contributed by atoms with Crippen LogP contribution in [0.5, 0.6) is 0 Å². The van der Waals surface area contributed by atoms with E-state index < -0.39 is 0 Å². The smallest absolute Gasteiger partial charge is 0.347 e. The van der Waals surface area contributed by atoms with Gasteiger partial charge in [0.2, 0.25) is 5.65 Å². The minimum Gasteiger partial charge on any atom is -0.363 e. The second-order valence-corrected chi connectivity index (χ2v) is 7.44. The Hall–Kier alpha value is -1.89. The highest BCUT2D eigenvalue weighted by Crippen LogP contribution is 2.24. The molecule has 126 valence electrons. The molecule has 23 heavy (non-hydrogen) atoms. The lowest BCUT2D eigenvalue weighted by Crippen LogP contribution is -2.45. The summed E-state index contributed by atoms with van der Waals surface area (Å²) in [7, 11) is 0. The summed E-state index contributed by atoms with van der Waals surface area (Å²) in [6.45, 7) is 9.46. The molecule has 7 heteroatoms. The maximum Gasteiger partial charge on any atom is 0.347 e. The molecule has 1 aliphatic heterocycles. The van der Waals surface area contributed by atoms with Gasteiger partial charge in [-0.15, -0.1) is 5.10 Å². The normalized spacial score (nSPS) is 20.6. The first kappa shape index (κ1) is 16.0. The molecule has 3 N–H and O–H groups in total. The molecule has 3 heterocycles. The van der Waals surface area contributed by atoms with E-state index in [4.69, 9.17) is 4.98 Å². The Balaban J connectivity index is 1.96. The number of hydrogen-bond acceptors (Lipinski definition) is 5. The average Bonchev–Trinajstić information content (AvgIpc) is 2.89. The van der Waals surface area contributed by atoms with E-state index in [0.717, 1.165) is 18.7 Å². The van der Waals surface area contributed by atoms with Crippen molar-refractivity contribution < 1.29 is 0 Å². The van der Waals surface area contributed by atoms with Crippen LogP contribution in [0.2, 0.25) is 0 Å². The lowest BCUT2D eigenvalue weighted by atomic mass is 9.92.